The molecule has 0 radical (unpaired) electrons. The Morgan fingerprint density at radius 1 is 0.388 bits per heavy atom. The van der Waals surface area contributed by atoms with E-state index < -0.39 is 5.97 Å². The molecule has 0 heterocycles. The van der Waals surface area contributed by atoms with Crippen LogP contribution in [0, 0.1) is 182 Å². The van der Waals surface area contributed by atoms with E-state index in [-0.39, 0.29) is 108 Å². The summed E-state index contributed by atoms with van der Waals surface area (Å²) in [5.41, 5.74) is 10.1. The van der Waals surface area contributed by atoms with Gasteiger partial charge in [0.25, 0.3) is 0 Å². The van der Waals surface area contributed by atoms with Gasteiger partial charge in [0.05, 0.1) is 43.2 Å². The van der Waals surface area contributed by atoms with Gasteiger partial charge in [-0.25, -0.2) is 0 Å². The number of ether oxygens (including phenoxy) is 2. The Labute approximate surface area is 713 Å². The highest BCUT2D eigenvalue weighted by molar-refractivity contribution is 6.64. The lowest BCUT2D eigenvalue weighted by Crippen LogP contribution is -2.66. The molecule has 0 aromatic carbocycles. The van der Waals surface area contributed by atoms with E-state index in [2.05, 4.69) is 190 Å². The highest BCUT2D eigenvalue weighted by atomic mass is 35.5. The van der Waals surface area contributed by atoms with Gasteiger partial charge in [-0.15, -0.1) is 0 Å². The quantitative estimate of drug-likeness (QED) is 0.0746. The Hall–Kier alpha value is -3.31. The Morgan fingerprint density at radius 3 is 1.05 bits per heavy atom. The van der Waals surface area contributed by atoms with Crippen LogP contribution in [0.5, 0.6) is 0 Å². The first-order valence-corrected chi connectivity index (χ1v) is 47.4. The Bertz CT molecular complexity index is 3710. The fourth-order valence-corrected chi connectivity index (χ4v) is 31.2. The molecule has 15 aliphatic rings. The van der Waals surface area contributed by atoms with Crippen LogP contribution in [0.15, 0.2) is 70.9 Å². The number of halogens is 1. The zero-order valence-corrected chi connectivity index (χ0v) is 80.0. The lowest BCUT2D eigenvalue weighted by atomic mass is 9.32. The third kappa shape index (κ3) is 16.5. The van der Waals surface area contributed by atoms with Crippen LogP contribution in [0.1, 0.15) is 348 Å². The smallest absolute Gasteiger partial charge is 0.310 e. The first kappa shape index (κ1) is 94.9. The normalized spacial score (nSPS) is 44.8. The van der Waals surface area contributed by atoms with Crippen molar-refractivity contribution in [3.63, 3.8) is 0 Å². The number of hydrogen-bond donors (Lipinski definition) is 4. The van der Waals surface area contributed by atoms with Gasteiger partial charge in [-0.3, -0.25) is 19.2 Å². The molecular formula is C105H171ClO10. The summed E-state index contributed by atoms with van der Waals surface area (Å²) in [6.07, 6.45) is 37.3. The number of aliphatic hydroxyl groups is 3. The predicted octanol–water partition coefficient (Wildman–Crippen LogP) is 26.0. The number of aliphatic carboxylic acids is 1. The van der Waals surface area contributed by atoms with Crippen molar-refractivity contribution in [1.29, 1.82) is 0 Å². The fraction of sp³-hybridized carbons (Fsp3) is 0.848. The number of esters is 2. The lowest BCUT2D eigenvalue weighted by Gasteiger charge is -2.73. The molecule has 658 valence electrons. The minimum absolute atomic E-state index is 0.00186. The molecule has 0 aliphatic heterocycles. The molecule has 10 nitrogen and oxygen atoms in total. The molecule has 11 heteroatoms. The summed E-state index contributed by atoms with van der Waals surface area (Å²) in [6.45, 7) is 75.6. The number of carboxylic acid groups (broad SMARTS) is 1. The number of rotatable bonds is 14. The van der Waals surface area contributed by atoms with Crippen molar-refractivity contribution in [1.82, 2.24) is 0 Å². The molecule has 15 rings (SSSR count). The number of carbonyl (C=O) groups excluding carboxylic acids is 3. The van der Waals surface area contributed by atoms with Crippen LogP contribution in [-0.4, -0.2) is 75.6 Å². The SMILES string of the molecule is C1CC1.C=C(C)[C@@H]1CC[C@]2(CO)CC[C@]3(C)C(CCC4[C@@]5(C)CC[C@H](O)C(C)(C)C5CC[C@]43C)C12.C=C(C)[C@@H]1CC[C@]2(COC(=O)C3C(C=C(C)C)C3(C)C)CC[C@]3(C)C(CCC4[C@@]5(C)CC[C@H](O)C(C)(C)C5CC[C@]43C)C12.CC(C)=CC1C(C(=O)Cl)C1(C)C.CC(C)=CC1C(C(=O)O)C1(C)C.CCOC(=O)C1C(C=C(C)C)C1(C)C. The van der Waals surface area contributed by atoms with Crippen LogP contribution in [0.4, 0.5) is 0 Å². The van der Waals surface area contributed by atoms with Gasteiger partial charge < -0.3 is 29.9 Å². The standard InChI is InChI=1S/C40H64O3.C30H50O2.C12H20O2.C10H15ClO.C10H16O2.C3H6/c1-24(2)22-28-33(35(28,5)6)34(42)43-23-40-19-14-26(25(3)4)32(40)27-12-13-30-37(9)17-16-31(41)36(7,8)29(37)15-18-39(30,11)38(27,10)20-21-40;1-19(2)20-10-15-30(18-31)17-16-28(6)21(25(20)30)8-9-23-27(5)13-12-24(32)26(3,4)22(27)11-14-29(23,28)7;1-6-14-11(13)10-9(7-8(2)3)12(10,4)5;2*1-6(2)5-7-8(9(11)12)10(7,3)4;1-2-3-1/h22,26-33,41H,3,12-21,23H2,1-2,4-11H3;20-25,31-32H,1,8-18H2,2-7H3;7,9-10H,6H2,1-5H3;5,7-8H,1-4H3;5,7-8H,1-4H3,(H,11,12);1-3H2/t26-,27?,28?,29?,30?,31-,32?,33?,37-,38+,39+,40+;20-,21?,22?,23?,24-,25?,27-,28+,29+,30+;;;;/m00..../s1. The maximum absolute atomic E-state index is 13.6. The second kappa shape index (κ2) is 33.3. The minimum atomic E-state index is -0.664. The molecule has 0 spiro atoms. The van der Waals surface area contributed by atoms with Crippen molar-refractivity contribution in [3.05, 3.63) is 70.9 Å². The first-order chi connectivity index (χ1) is 53.4. The molecule has 0 bridgehead atoms. The molecule has 15 saturated carbocycles. The van der Waals surface area contributed by atoms with Gasteiger partial charge in [-0.05, 0) is 369 Å². The number of carbonyl (C=O) groups is 4. The van der Waals surface area contributed by atoms with Crippen LogP contribution in [0.25, 0.3) is 0 Å². The Morgan fingerprint density at radius 2 is 0.724 bits per heavy atom. The van der Waals surface area contributed by atoms with Gasteiger partial charge in [-0.2, -0.15) is 0 Å². The molecule has 28 atom stereocenters. The molecule has 15 fully saturated rings. The maximum Gasteiger partial charge on any atom is 0.310 e. The van der Waals surface area contributed by atoms with Crippen molar-refractivity contribution in [3.8, 4) is 0 Å². The highest BCUT2D eigenvalue weighted by Gasteiger charge is 2.74. The van der Waals surface area contributed by atoms with Crippen molar-refractivity contribution >= 4 is 34.8 Å². The maximum atomic E-state index is 13.6. The molecule has 0 aromatic rings. The van der Waals surface area contributed by atoms with Crippen molar-refractivity contribution in [2.75, 3.05) is 19.8 Å². The zero-order chi connectivity index (χ0) is 86.9. The highest BCUT2D eigenvalue weighted by Crippen LogP contribution is 2.80. The second-order valence-corrected chi connectivity index (χ2v) is 48.7. The van der Waals surface area contributed by atoms with Crippen LogP contribution in [0.2, 0.25) is 0 Å². The summed E-state index contributed by atoms with van der Waals surface area (Å²) in [5.74, 6) is 6.91. The predicted molar refractivity (Wildman–Crippen MR) is 478 cm³/mol. The molecule has 4 N–H and O–H groups in total. The van der Waals surface area contributed by atoms with E-state index in [4.69, 9.17) is 26.2 Å². The molecule has 15 aliphatic carbocycles. The van der Waals surface area contributed by atoms with Crippen molar-refractivity contribution in [2.24, 2.45) is 182 Å². The topological polar surface area (TPSA) is 168 Å². The van der Waals surface area contributed by atoms with Gasteiger partial charge in [0.2, 0.25) is 5.24 Å². The van der Waals surface area contributed by atoms with Crippen LogP contribution in [-0.2, 0) is 28.7 Å². The third-order valence-electron chi connectivity index (χ3n) is 38.6. The monoisotopic (exact) mass is 1630 g/mol. The number of aliphatic hydroxyl groups excluding tert-OH is 3. The molecule has 0 saturated heterocycles. The number of hydrogen-bond acceptors (Lipinski definition) is 9. The summed E-state index contributed by atoms with van der Waals surface area (Å²) < 4.78 is 11.5. The van der Waals surface area contributed by atoms with Crippen molar-refractivity contribution in [2.45, 2.75) is 361 Å². The van der Waals surface area contributed by atoms with E-state index in [1.165, 1.54) is 168 Å². The zero-order valence-electron chi connectivity index (χ0n) is 79.3. The van der Waals surface area contributed by atoms with Crippen LogP contribution < -0.4 is 0 Å². The van der Waals surface area contributed by atoms with Crippen LogP contribution >= 0.6 is 11.6 Å². The molecule has 116 heavy (non-hydrogen) atoms. The molecule has 16 unspecified atom stereocenters. The first-order valence-electron chi connectivity index (χ1n) is 47.0. The van der Waals surface area contributed by atoms with Gasteiger partial charge in [-0.1, -0.05) is 215 Å². The summed E-state index contributed by atoms with van der Waals surface area (Å²) in [6, 6.07) is 0. The van der Waals surface area contributed by atoms with Gasteiger partial charge in [0.1, 0.15) is 0 Å². The van der Waals surface area contributed by atoms with Gasteiger partial charge >= 0.3 is 17.9 Å². The third-order valence-corrected chi connectivity index (χ3v) is 38.8. The van der Waals surface area contributed by atoms with Gasteiger partial charge in [0.15, 0.2) is 0 Å². The number of fused-ring (bicyclic) bond motifs is 14. The molecule has 0 aromatic heterocycles. The van der Waals surface area contributed by atoms with E-state index in [9.17, 15) is 34.5 Å². The largest absolute Gasteiger partial charge is 0.481 e. The molecular weight excluding hydrogens is 1460 g/mol. The number of carboxylic acids is 1. The lowest BCUT2D eigenvalue weighted by molar-refractivity contribution is -0.250. The van der Waals surface area contributed by atoms with E-state index in [1.54, 1.807) is 0 Å². The minimum Gasteiger partial charge on any atom is -0.481 e. The van der Waals surface area contributed by atoms with E-state index >= 15 is 0 Å². The number of allylic oxidation sites excluding steroid dienone is 10. The average molecular weight is 1630 g/mol. The van der Waals surface area contributed by atoms with E-state index in [1.807, 2.05) is 48.5 Å². The summed E-state index contributed by atoms with van der Waals surface area (Å²) >= 11 is 5.47. The average Bonchev–Trinajstić information content (AvgIpc) is 0.714. The van der Waals surface area contributed by atoms with Crippen LogP contribution in [0.3, 0.4) is 0 Å². The summed E-state index contributed by atoms with van der Waals surface area (Å²) in [7, 11) is 0. The van der Waals surface area contributed by atoms with Crippen molar-refractivity contribution < 1.29 is 49.1 Å². The fourth-order valence-electron chi connectivity index (χ4n) is 30.8. The second-order valence-electron chi connectivity index (χ2n) is 48.3. The van der Waals surface area contributed by atoms with E-state index in [0.717, 1.165) is 24.7 Å². The van der Waals surface area contributed by atoms with E-state index in [0.29, 0.717) is 112 Å². The summed E-state index contributed by atoms with van der Waals surface area (Å²) in [5, 5.41) is 41.3. The summed E-state index contributed by atoms with van der Waals surface area (Å²) in [4.78, 5) is 46.8. The molecule has 0 amide bonds. The van der Waals surface area contributed by atoms with Gasteiger partial charge in [0, 0.05) is 17.9 Å². The Kier molecular flexibility index (Phi) is 27.3. The Balaban J connectivity index is 0.000000168.